The van der Waals surface area contributed by atoms with E-state index < -0.39 is 10.0 Å². The quantitative estimate of drug-likeness (QED) is 0.696. The molecule has 0 saturated heterocycles. The molecule has 0 bridgehead atoms. The number of carbonyl (C=O) groups excluding carboxylic acids is 1. The first-order valence-electron chi connectivity index (χ1n) is 8.99. The Hall–Kier alpha value is -2.03. The Bertz CT molecular complexity index is 990. The molecule has 0 fully saturated rings. The third-order valence-corrected chi connectivity index (χ3v) is 7.02. The summed E-state index contributed by atoms with van der Waals surface area (Å²) in [6.07, 6.45) is 4.41. The number of nitrogens with one attached hydrogen (secondary N) is 2. The second-order valence-corrected chi connectivity index (χ2v) is 9.24. The van der Waals surface area contributed by atoms with E-state index in [0.717, 1.165) is 41.0 Å². The number of benzene rings is 2. The van der Waals surface area contributed by atoms with Crippen LogP contribution in [0.3, 0.4) is 0 Å². The van der Waals surface area contributed by atoms with E-state index in [0.29, 0.717) is 5.69 Å². The minimum atomic E-state index is -3.74. The molecule has 8 heteroatoms. The maximum Gasteiger partial charge on any atom is 0.241 e. The van der Waals surface area contributed by atoms with Gasteiger partial charge in [-0.1, -0.05) is 6.07 Å². The number of methoxy groups -OCH3 is 1. The Morgan fingerprint density at radius 1 is 1.21 bits per heavy atom. The normalized spacial score (nSPS) is 16.3. The van der Waals surface area contributed by atoms with Crippen LogP contribution in [0.4, 0.5) is 5.69 Å². The van der Waals surface area contributed by atoms with Crippen LogP contribution in [0.1, 0.15) is 36.9 Å². The maximum absolute atomic E-state index is 13.0. The number of carbonyl (C=O) groups is 1. The molecule has 0 aromatic heterocycles. The Kier molecular flexibility index (Phi) is 6.32. The van der Waals surface area contributed by atoms with Gasteiger partial charge in [-0.3, -0.25) is 4.79 Å². The third kappa shape index (κ3) is 4.51. The summed E-state index contributed by atoms with van der Waals surface area (Å²) in [6, 6.07) is 10.3. The van der Waals surface area contributed by atoms with Gasteiger partial charge in [0.2, 0.25) is 15.9 Å². The monoisotopic (exact) mass is 420 g/mol. The number of aryl methyl sites for hydroxylation is 1. The van der Waals surface area contributed by atoms with E-state index in [9.17, 15) is 13.2 Å². The minimum Gasteiger partial charge on any atom is -0.497 e. The van der Waals surface area contributed by atoms with E-state index >= 15 is 0 Å². The molecule has 1 amide bonds. The second-order valence-electron chi connectivity index (χ2n) is 6.67. The zero-order chi connectivity index (χ0) is 20.3. The summed E-state index contributed by atoms with van der Waals surface area (Å²) in [6.45, 7) is 1.40. The summed E-state index contributed by atoms with van der Waals surface area (Å²) < 4.78 is 34.1. The van der Waals surface area contributed by atoms with Crippen molar-refractivity contribution in [3.8, 4) is 5.75 Å². The molecule has 3 rings (SSSR count). The van der Waals surface area contributed by atoms with Crippen molar-refractivity contribution in [1.29, 1.82) is 0 Å². The van der Waals surface area contributed by atoms with Crippen LogP contribution in [0, 0.1) is 0 Å². The van der Waals surface area contributed by atoms with E-state index in [1.54, 1.807) is 19.2 Å². The lowest BCUT2D eigenvalue weighted by Gasteiger charge is -2.26. The van der Waals surface area contributed by atoms with Gasteiger partial charge in [0.1, 0.15) is 5.75 Å². The highest BCUT2D eigenvalue weighted by Crippen LogP contribution is 2.34. The van der Waals surface area contributed by atoms with Crippen molar-refractivity contribution < 1.29 is 17.9 Å². The van der Waals surface area contributed by atoms with E-state index in [-0.39, 0.29) is 16.8 Å². The molecular formula is C20H24N2O4S2. The van der Waals surface area contributed by atoms with Crippen molar-refractivity contribution >= 4 is 33.4 Å². The molecular weight excluding hydrogens is 396 g/mol. The molecule has 1 aliphatic rings. The van der Waals surface area contributed by atoms with Crippen LogP contribution in [0.5, 0.6) is 5.75 Å². The highest BCUT2D eigenvalue weighted by molar-refractivity contribution is 7.98. The number of hydrogen-bond donors (Lipinski definition) is 2. The average Bonchev–Trinajstić information content (AvgIpc) is 2.67. The van der Waals surface area contributed by atoms with Gasteiger partial charge >= 0.3 is 0 Å². The molecule has 28 heavy (non-hydrogen) atoms. The van der Waals surface area contributed by atoms with Gasteiger partial charge in [0.25, 0.3) is 0 Å². The van der Waals surface area contributed by atoms with E-state index in [1.807, 2.05) is 24.5 Å². The molecule has 150 valence electrons. The zero-order valence-electron chi connectivity index (χ0n) is 16.1. The van der Waals surface area contributed by atoms with Crippen molar-refractivity contribution in [2.45, 2.75) is 42.0 Å². The number of ether oxygens (including phenoxy) is 1. The molecule has 6 nitrogen and oxygen atoms in total. The van der Waals surface area contributed by atoms with Gasteiger partial charge < -0.3 is 10.1 Å². The number of anilines is 1. The summed E-state index contributed by atoms with van der Waals surface area (Å²) in [5.74, 6) is 0.530. The van der Waals surface area contributed by atoms with Crippen molar-refractivity contribution in [2.75, 3.05) is 18.7 Å². The largest absolute Gasteiger partial charge is 0.497 e. The zero-order valence-corrected chi connectivity index (χ0v) is 17.7. The highest BCUT2D eigenvalue weighted by Gasteiger charge is 2.26. The molecule has 1 unspecified atom stereocenters. The molecule has 0 heterocycles. The summed E-state index contributed by atoms with van der Waals surface area (Å²) in [4.78, 5) is 12.4. The SMILES string of the molecule is COc1ccc2c(c1)CCCC2NS(=O)(=O)c1ccc(SC)c(NC(C)=O)c1. The standard InChI is InChI=1S/C20H24N2O4S2/c1-13(23)21-19-12-16(8-10-20(19)27-3)28(24,25)22-18-6-4-5-14-11-15(26-2)7-9-17(14)18/h7-12,18,22H,4-6H2,1-3H3,(H,21,23). The minimum absolute atomic E-state index is 0.134. The molecule has 1 aliphatic carbocycles. The first-order valence-corrected chi connectivity index (χ1v) is 11.7. The van der Waals surface area contributed by atoms with E-state index in [2.05, 4.69) is 10.0 Å². The third-order valence-electron chi connectivity index (χ3n) is 4.75. The summed E-state index contributed by atoms with van der Waals surface area (Å²) in [7, 11) is -2.12. The molecule has 0 aliphatic heterocycles. The lowest BCUT2D eigenvalue weighted by molar-refractivity contribution is -0.114. The number of hydrogen-bond acceptors (Lipinski definition) is 5. The van der Waals surface area contributed by atoms with E-state index in [4.69, 9.17) is 4.74 Å². The fourth-order valence-electron chi connectivity index (χ4n) is 3.44. The lowest BCUT2D eigenvalue weighted by atomic mass is 9.88. The summed E-state index contributed by atoms with van der Waals surface area (Å²) in [5.41, 5.74) is 2.59. The Morgan fingerprint density at radius 3 is 2.68 bits per heavy atom. The Morgan fingerprint density at radius 2 is 2.00 bits per heavy atom. The molecule has 0 radical (unpaired) electrons. The van der Waals surface area contributed by atoms with Crippen LogP contribution in [0.25, 0.3) is 0 Å². The predicted molar refractivity (Wildman–Crippen MR) is 112 cm³/mol. The number of amides is 1. The van der Waals surface area contributed by atoms with Gasteiger partial charge in [-0.15, -0.1) is 11.8 Å². The molecule has 2 N–H and O–H groups in total. The number of sulfonamides is 1. The molecule has 2 aromatic rings. The van der Waals surface area contributed by atoms with Gasteiger partial charge in [0.15, 0.2) is 0 Å². The van der Waals surface area contributed by atoms with Crippen molar-refractivity contribution in [3.63, 3.8) is 0 Å². The Balaban J connectivity index is 1.90. The fraction of sp³-hybridized carbons (Fsp3) is 0.350. The fourth-order valence-corrected chi connectivity index (χ4v) is 5.25. The van der Waals surface area contributed by atoms with Crippen LogP contribution in [-0.2, 0) is 21.2 Å². The first-order chi connectivity index (χ1) is 13.3. The summed E-state index contributed by atoms with van der Waals surface area (Å²) >= 11 is 1.44. The first kappa shape index (κ1) is 20.7. The predicted octanol–water partition coefficient (Wildman–Crippen LogP) is 3.73. The van der Waals surface area contributed by atoms with Crippen LogP contribution in [0.2, 0.25) is 0 Å². The van der Waals surface area contributed by atoms with Crippen LogP contribution < -0.4 is 14.8 Å². The highest BCUT2D eigenvalue weighted by atomic mass is 32.2. The number of fused-ring (bicyclic) bond motifs is 1. The Labute approximate surface area is 170 Å². The summed E-state index contributed by atoms with van der Waals surface area (Å²) in [5, 5.41) is 2.70. The number of rotatable bonds is 6. The van der Waals surface area contributed by atoms with E-state index in [1.165, 1.54) is 24.8 Å². The maximum atomic E-state index is 13.0. The van der Waals surface area contributed by atoms with Crippen molar-refractivity contribution in [1.82, 2.24) is 4.72 Å². The van der Waals surface area contributed by atoms with Gasteiger partial charge in [0, 0.05) is 17.9 Å². The van der Waals surface area contributed by atoms with Gasteiger partial charge in [0.05, 0.1) is 17.7 Å². The van der Waals surface area contributed by atoms with Gasteiger partial charge in [-0.25, -0.2) is 13.1 Å². The topological polar surface area (TPSA) is 84.5 Å². The van der Waals surface area contributed by atoms with Gasteiger partial charge in [-0.05, 0) is 67.0 Å². The molecule has 0 spiro atoms. The average molecular weight is 421 g/mol. The van der Waals surface area contributed by atoms with Gasteiger partial charge in [-0.2, -0.15) is 0 Å². The van der Waals surface area contributed by atoms with Crippen LogP contribution in [0.15, 0.2) is 46.2 Å². The molecule has 0 saturated carbocycles. The van der Waals surface area contributed by atoms with Crippen LogP contribution in [-0.4, -0.2) is 27.7 Å². The van der Waals surface area contributed by atoms with Crippen molar-refractivity contribution in [3.05, 3.63) is 47.5 Å². The second kappa shape index (κ2) is 8.55. The van der Waals surface area contributed by atoms with Crippen LogP contribution >= 0.6 is 11.8 Å². The molecule has 1 atom stereocenters. The smallest absolute Gasteiger partial charge is 0.241 e. The number of thioether (sulfide) groups is 1. The van der Waals surface area contributed by atoms with Crippen molar-refractivity contribution in [2.24, 2.45) is 0 Å². The lowest BCUT2D eigenvalue weighted by Crippen LogP contribution is -2.31. The molecule has 2 aromatic carbocycles.